The highest BCUT2D eigenvalue weighted by atomic mass is 14.2. The fourth-order valence-electron chi connectivity index (χ4n) is 2.22. The first-order valence-corrected chi connectivity index (χ1v) is 5.89. The molecule has 0 bridgehead atoms. The zero-order valence-electron chi connectivity index (χ0n) is 9.31. The van der Waals surface area contributed by atoms with Crippen molar-refractivity contribution in [2.24, 2.45) is 11.8 Å². The second-order valence-electron chi connectivity index (χ2n) is 4.80. The molecule has 0 heteroatoms. The molecule has 0 aromatic carbocycles. The van der Waals surface area contributed by atoms with E-state index in [4.69, 9.17) is 0 Å². The van der Waals surface area contributed by atoms with Crippen molar-refractivity contribution in [1.29, 1.82) is 0 Å². The molecule has 1 saturated carbocycles. The summed E-state index contributed by atoms with van der Waals surface area (Å²) >= 11 is 0. The number of rotatable bonds is 4. The lowest BCUT2D eigenvalue weighted by molar-refractivity contribution is 0.350. The third kappa shape index (κ3) is 3.97. The number of hydrogen-bond acceptors (Lipinski definition) is 0. The topological polar surface area (TPSA) is 0 Å². The van der Waals surface area contributed by atoms with E-state index in [-0.39, 0.29) is 0 Å². The first-order valence-electron chi connectivity index (χ1n) is 5.89. The van der Waals surface area contributed by atoms with Crippen molar-refractivity contribution in [3.63, 3.8) is 0 Å². The largest absolute Gasteiger partial charge is 0.0999 e. The molecule has 1 aliphatic carbocycles. The molecular formula is C13H24. The normalized spacial score (nSPS) is 26.0. The van der Waals surface area contributed by atoms with Crippen molar-refractivity contribution in [3.05, 3.63) is 12.2 Å². The second kappa shape index (κ2) is 5.47. The van der Waals surface area contributed by atoms with Crippen molar-refractivity contribution in [1.82, 2.24) is 0 Å². The lowest BCUT2D eigenvalue weighted by Crippen LogP contribution is -2.09. The van der Waals surface area contributed by atoms with Gasteiger partial charge in [0, 0.05) is 0 Å². The Balaban J connectivity index is 2.17. The minimum absolute atomic E-state index is 0.926. The molecule has 0 radical (unpaired) electrons. The van der Waals surface area contributed by atoms with Gasteiger partial charge in [0.15, 0.2) is 0 Å². The van der Waals surface area contributed by atoms with E-state index < -0.39 is 0 Å². The van der Waals surface area contributed by atoms with Crippen LogP contribution in [0.5, 0.6) is 0 Å². The van der Waals surface area contributed by atoms with Crippen LogP contribution in [0.1, 0.15) is 58.8 Å². The lowest BCUT2D eigenvalue weighted by Gasteiger charge is -2.24. The van der Waals surface area contributed by atoms with Crippen LogP contribution in [0.4, 0.5) is 0 Å². The summed E-state index contributed by atoms with van der Waals surface area (Å²) in [6.45, 7) is 8.78. The Bertz CT molecular complexity index is 157. The van der Waals surface area contributed by atoms with Crippen molar-refractivity contribution in [3.8, 4) is 0 Å². The molecule has 2 unspecified atom stereocenters. The molecule has 0 aromatic rings. The Morgan fingerprint density at radius 3 is 2.92 bits per heavy atom. The average Bonchev–Trinajstić information content (AvgIpc) is 2.14. The van der Waals surface area contributed by atoms with Gasteiger partial charge in [0.1, 0.15) is 0 Å². The van der Waals surface area contributed by atoms with Gasteiger partial charge < -0.3 is 0 Å². The van der Waals surface area contributed by atoms with Crippen LogP contribution in [0, 0.1) is 11.8 Å². The van der Waals surface area contributed by atoms with E-state index in [1.54, 1.807) is 0 Å². The Morgan fingerprint density at radius 2 is 2.31 bits per heavy atom. The van der Waals surface area contributed by atoms with Gasteiger partial charge in [0.25, 0.3) is 0 Å². The third-order valence-electron chi connectivity index (χ3n) is 3.48. The van der Waals surface area contributed by atoms with Gasteiger partial charge >= 0.3 is 0 Å². The van der Waals surface area contributed by atoms with E-state index in [0.717, 1.165) is 11.8 Å². The molecule has 0 heterocycles. The molecular weight excluding hydrogens is 156 g/mol. The molecule has 1 aliphatic rings. The molecule has 1 fully saturated rings. The van der Waals surface area contributed by atoms with Crippen LogP contribution < -0.4 is 0 Å². The van der Waals surface area contributed by atoms with E-state index >= 15 is 0 Å². The van der Waals surface area contributed by atoms with Crippen molar-refractivity contribution < 1.29 is 0 Å². The molecule has 13 heavy (non-hydrogen) atoms. The Hall–Kier alpha value is -0.260. The van der Waals surface area contributed by atoms with E-state index in [9.17, 15) is 0 Å². The minimum atomic E-state index is 0.926. The summed E-state index contributed by atoms with van der Waals surface area (Å²) in [6.07, 6.45) is 9.66. The van der Waals surface area contributed by atoms with Crippen molar-refractivity contribution >= 4 is 0 Å². The molecule has 0 saturated heterocycles. The standard InChI is InChI=1S/C13H24/c1-4-11(2)8-9-13-7-5-6-12(3)10-13/h11,13H,3-10H2,1-2H3. The molecule has 0 nitrogen and oxygen atoms in total. The van der Waals surface area contributed by atoms with Crippen LogP contribution in [0.2, 0.25) is 0 Å². The SMILES string of the molecule is C=C1CCCC(CCC(C)CC)C1. The van der Waals surface area contributed by atoms with Crippen LogP contribution in [-0.4, -0.2) is 0 Å². The quantitative estimate of drug-likeness (QED) is 0.556. The Kier molecular flexibility index (Phi) is 4.55. The summed E-state index contributed by atoms with van der Waals surface area (Å²) in [4.78, 5) is 0. The maximum absolute atomic E-state index is 4.11. The van der Waals surface area contributed by atoms with Gasteiger partial charge in [-0.1, -0.05) is 38.8 Å². The van der Waals surface area contributed by atoms with Gasteiger partial charge in [-0.25, -0.2) is 0 Å². The predicted molar refractivity (Wildman–Crippen MR) is 59.8 cm³/mol. The summed E-state index contributed by atoms with van der Waals surface area (Å²) in [7, 11) is 0. The van der Waals surface area contributed by atoms with Crippen LogP contribution >= 0.6 is 0 Å². The highest BCUT2D eigenvalue weighted by molar-refractivity contribution is 4.99. The summed E-state index contributed by atoms with van der Waals surface area (Å²) in [5, 5.41) is 0. The van der Waals surface area contributed by atoms with Gasteiger partial charge in [-0.05, 0) is 43.9 Å². The van der Waals surface area contributed by atoms with Crippen LogP contribution in [0.25, 0.3) is 0 Å². The number of allylic oxidation sites excluding steroid dienone is 1. The second-order valence-corrected chi connectivity index (χ2v) is 4.80. The van der Waals surface area contributed by atoms with Crippen molar-refractivity contribution in [2.45, 2.75) is 58.8 Å². The summed E-state index contributed by atoms with van der Waals surface area (Å²) in [6, 6.07) is 0. The van der Waals surface area contributed by atoms with Crippen LogP contribution in [-0.2, 0) is 0 Å². The van der Waals surface area contributed by atoms with Gasteiger partial charge in [-0.15, -0.1) is 0 Å². The summed E-state index contributed by atoms with van der Waals surface area (Å²) in [5.74, 6) is 1.89. The lowest BCUT2D eigenvalue weighted by atomic mass is 9.82. The maximum Gasteiger partial charge on any atom is -0.0294 e. The van der Waals surface area contributed by atoms with E-state index in [2.05, 4.69) is 20.4 Å². The first-order chi connectivity index (χ1) is 6.22. The zero-order chi connectivity index (χ0) is 9.68. The van der Waals surface area contributed by atoms with Gasteiger partial charge in [-0.3, -0.25) is 0 Å². The van der Waals surface area contributed by atoms with Gasteiger partial charge in [-0.2, -0.15) is 0 Å². The predicted octanol–water partition coefficient (Wildman–Crippen LogP) is 4.56. The minimum Gasteiger partial charge on any atom is -0.0999 e. The third-order valence-corrected chi connectivity index (χ3v) is 3.48. The fourth-order valence-corrected chi connectivity index (χ4v) is 2.22. The molecule has 76 valence electrons. The van der Waals surface area contributed by atoms with Gasteiger partial charge in [0.05, 0.1) is 0 Å². The van der Waals surface area contributed by atoms with Crippen LogP contribution in [0.3, 0.4) is 0 Å². The Labute approximate surface area is 83.4 Å². The average molecular weight is 180 g/mol. The fraction of sp³-hybridized carbons (Fsp3) is 0.846. The summed E-state index contributed by atoms with van der Waals surface area (Å²) < 4.78 is 0. The summed E-state index contributed by atoms with van der Waals surface area (Å²) in [5.41, 5.74) is 1.50. The number of hydrogen-bond donors (Lipinski definition) is 0. The molecule has 1 rings (SSSR count). The molecule has 0 amide bonds. The van der Waals surface area contributed by atoms with E-state index in [1.807, 2.05) is 0 Å². The maximum atomic E-state index is 4.11. The van der Waals surface area contributed by atoms with Gasteiger partial charge in [0.2, 0.25) is 0 Å². The molecule has 0 N–H and O–H groups in total. The van der Waals surface area contributed by atoms with E-state index in [0.29, 0.717) is 0 Å². The smallest absolute Gasteiger partial charge is 0.0294 e. The monoisotopic (exact) mass is 180 g/mol. The van der Waals surface area contributed by atoms with Crippen LogP contribution in [0.15, 0.2) is 12.2 Å². The zero-order valence-corrected chi connectivity index (χ0v) is 9.31. The molecule has 0 aliphatic heterocycles. The Morgan fingerprint density at radius 1 is 1.54 bits per heavy atom. The molecule has 0 aromatic heterocycles. The molecule has 0 spiro atoms. The first kappa shape index (κ1) is 10.8. The highest BCUT2D eigenvalue weighted by Gasteiger charge is 2.15. The van der Waals surface area contributed by atoms with Crippen molar-refractivity contribution in [2.75, 3.05) is 0 Å². The molecule has 2 atom stereocenters. The highest BCUT2D eigenvalue weighted by Crippen LogP contribution is 2.31. The van der Waals surface area contributed by atoms with E-state index in [1.165, 1.54) is 50.5 Å².